The fourth-order valence-electron chi connectivity index (χ4n) is 2.23. The molecule has 0 radical (unpaired) electrons. The Kier molecular flexibility index (Phi) is 4.32. The zero-order valence-corrected chi connectivity index (χ0v) is 12.4. The average Bonchev–Trinajstić information content (AvgIpc) is 3.11. The minimum atomic E-state index is -3.43. The number of sulfonamides is 1. The Labute approximate surface area is 114 Å². The quantitative estimate of drug-likeness (QED) is 0.824. The lowest BCUT2D eigenvalue weighted by atomic mass is 10.4. The van der Waals surface area contributed by atoms with Crippen LogP contribution in [0.25, 0.3) is 0 Å². The van der Waals surface area contributed by atoms with Crippen LogP contribution >= 0.6 is 0 Å². The molecule has 1 saturated carbocycles. The lowest BCUT2D eigenvalue weighted by Gasteiger charge is -2.19. The van der Waals surface area contributed by atoms with Crippen LogP contribution in [0.15, 0.2) is 17.2 Å². The molecule has 1 aromatic rings. The van der Waals surface area contributed by atoms with E-state index in [4.69, 9.17) is 0 Å². The molecule has 0 atom stereocenters. The summed E-state index contributed by atoms with van der Waals surface area (Å²) in [5, 5.41) is 9.25. The van der Waals surface area contributed by atoms with Gasteiger partial charge in [0.2, 0.25) is 10.0 Å². The fraction of sp³-hybridized carbons (Fsp3) is 0.692. The van der Waals surface area contributed by atoms with Gasteiger partial charge < -0.3 is 9.67 Å². The fourth-order valence-corrected chi connectivity index (χ4v) is 3.82. The van der Waals surface area contributed by atoms with Gasteiger partial charge in [0.1, 0.15) is 4.90 Å². The van der Waals surface area contributed by atoms with Crippen LogP contribution in [0.4, 0.5) is 0 Å². The van der Waals surface area contributed by atoms with Gasteiger partial charge in [-0.2, -0.15) is 4.31 Å². The molecule has 1 fully saturated rings. The Bertz CT molecular complexity index is 511. The van der Waals surface area contributed by atoms with E-state index >= 15 is 0 Å². The van der Waals surface area contributed by atoms with Crippen LogP contribution in [0, 0.1) is 5.92 Å². The third-order valence-corrected chi connectivity index (χ3v) is 5.52. The molecule has 0 bridgehead atoms. The third kappa shape index (κ3) is 3.01. The normalized spacial score (nSPS) is 16.2. The van der Waals surface area contributed by atoms with Gasteiger partial charge in [-0.3, -0.25) is 0 Å². The summed E-state index contributed by atoms with van der Waals surface area (Å²) in [6.45, 7) is 5.41. The summed E-state index contributed by atoms with van der Waals surface area (Å²) in [4.78, 5) is 0.293. The molecule has 1 aromatic heterocycles. The predicted molar refractivity (Wildman–Crippen MR) is 73.2 cm³/mol. The lowest BCUT2D eigenvalue weighted by Crippen LogP contribution is -2.32. The number of hydrogen-bond donors (Lipinski definition) is 1. The Morgan fingerprint density at radius 1 is 1.42 bits per heavy atom. The first-order valence-corrected chi connectivity index (χ1v) is 8.27. The van der Waals surface area contributed by atoms with Crippen molar-refractivity contribution in [2.24, 2.45) is 5.92 Å². The van der Waals surface area contributed by atoms with Crippen molar-refractivity contribution in [3.63, 3.8) is 0 Å². The zero-order chi connectivity index (χ0) is 14.0. The van der Waals surface area contributed by atoms with Gasteiger partial charge in [0.05, 0.1) is 6.61 Å². The number of hydrogen-bond acceptors (Lipinski definition) is 3. The second-order valence-electron chi connectivity index (χ2n) is 5.01. The van der Waals surface area contributed by atoms with Crippen molar-refractivity contribution in [1.82, 2.24) is 8.87 Å². The maximum atomic E-state index is 12.6. The van der Waals surface area contributed by atoms with Gasteiger partial charge in [-0.1, -0.05) is 6.92 Å². The third-order valence-electron chi connectivity index (χ3n) is 3.61. The van der Waals surface area contributed by atoms with Crippen molar-refractivity contribution in [2.45, 2.75) is 44.7 Å². The molecule has 1 aliphatic rings. The molecule has 0 aromatic carbocycles. The van der Waals surface area contributed by atoms with Crippen molar-refractivity contribution < 1.29 is 13.5 Å². The largest absolute Gasteiger partial charge is 0.390 e. The van der Waals surface area contributed by atoms with Gasteiger partial charge in [0.15, 0.2) is 0 Å². The summed E-state index contributed by atoms with van der Waals surface area (Å²) in [6, 6.07) is 1.58. The highest BCUT2D eigenvalue weighted by Crippen LogP contribution is 2.31. The molecule has 1 heterocycles. The van der Waals surface area contributed by atoms with Crippen LogP contribution in [-0.2, 0) is 23.2 Å². The molecule has 2 rings (SSSR count). The zero-order valence-electron chi connectivity index (χ0n) is 11.5. The summed E-state index contributed by atoms with van der Waals surface area (Å²) in [5.41, 5.74) is 0.642. The van der Waals surface area contributed by atoms with Crippen molar-refractivity contribution in [2.75, 3.05) is 13.1 Å². The lowest BCUT2D eigenvalue weighted by molar-refractivity contribution is 0.271. The molecule has 1 N–H and O–H groups in total. The highest BCUT2D eigenvalue weighted by molar-refractivity contribution is 7.89. The second-order valence-corrected chi connectivity index (χ2v) is 6.95. The van der Waals surface area contributed by atoms with Gasteiger partial charge in [0, 0.05) is 31.5 Å². The Morgan fingerprint density at radius 2 is 2.11 bits per heavy atom. The van der Waals surface area contributed by atoms with Crippen LogP contribution in [0.3, 0.4) is 0 Å². The Hall–Kier alpha value is -0.850. The Morgan fingerprint density at radius 3 is 2.53 bits per heavy atom. The van der Waals surface area contributed by atoms with E-state index in [-0.39, 0.29) is 6.61 Å². The van der Waals surface area contributed by atoms with Crippen LogP contribution in [-0.4, -0.2) is 35.5 Å². The van der Waals surface area contributed by atoms with Gasteiger partial charge in [-0.05, 0) is 31.7 Å². The molecule has 108 valence electrons. The molecule has 0 saturated heterocycles. The minimum absolute atomic E-state index is 0.141. The first-order chi connectivity index (χ1) is 9.02. The van der Waals surface area contributed by atoms with E-state index < -0.39 is 10.0 Å². The molecular formula is C13H22N2O3S. The van der Waals surface area contributed by atoms with Crippen molar-refractivity contribution in [3.05, 3.63) is 18.0 Å². The highest BCUT2D eigenvalue weighted by Gasteiger charge is 2.31. The van der Waals surface area contributed by atoms with E-state index in [0.29, 0.717) is 36.1 Å². The molecule has 1 aliphatic carbocycles. The molecule has 0 spiro atoms. The topological polar surface area (TPSA) is 62.5 Å². The first kappa shape index (κ1) is 14.6. The van der Waals surface area contributed by atoms with Gasteiger partial charge in [-0.25, -0.2) is 8.42 Å². The number of aryl methyl sites for hydroxylation is 1. The van der Waals surface area contributed by atoms with Crippen LogP contribution < -0.4 is 0 Å². The standard InChI is InChI=1S/C13H22N2O3S/c1-3-14-9-13(7-12(14)10-16)19(17,18)15(4-2)8-11-5-6-11/h7,9,11,16H,3-6,8,10H2,1-2H3. The summed E-state index contributed by atoms with van der Waals surface area (Å²) in [6.07, 6.45) is 3.88. The molecule has 0 amide bonds. The maximum Gasteiger partial charge on any atom is 0.244 e. The van der Waals surface area contributed by atoms with E-state index in [0.717, 1.165) is 12.8 Å². The van der Waals surface area contributed by atoms with Crippen molar-refractivity contribution in [1.29, 1.82) is 0 Å². The summed E-state index contributed by atoms with van der Waals surface area (Å²) in [7, 11) is -3.43. The number of nitrogens with zero attached hydrogens (tertiary/aromatic N) is 2. The van der Waals surface area contributed by atoms with E-state index in [1.165, 1.54) is 0 Å². The summed E-state index contributed by atoms with van der Waals surface area (Å²) >= 11 is 0. The minimum Gasteiger partial charge on any atom is -0.390 e. The average molecular weight is 286 g/mol. The van der Waals surface area contributed by atoms with E-state index in [1.54, 1.807) is 21.1 Å². The predicted octanol–water partition coefficient (Wildman–Crippen LogP) is 1.42. The number of rotatable bonds is 7. The van der Waals surface area contributed by atoms with Crippen LogP contribution in [0.2, 0.25) is 0 Å². The van der Waals surface area contributed by atoms with E-state index in [1.807, 2.05) is 13.8 Å². The van der Waals surface area contributed by atoms with Gasteiger partial charge in [0.25, 0.3) is 0 Å². The molecule has 0 aliphatic heterocycles. The summed E-state index contributed by atoms with van der Waals surface area (Å²) < 4.78 is 28.4. The second kappa shape index (κ2) is 5.64. The number of aliphatic hydroxyl groups excluding tert-OH is 1. The monoisotopic (exact) mass is 286 g/mol. The smallest absolute Gasteiger partial charge is 0.244 e. The maximum absolute atomic E-state index is 12.6. The van der Waals surface area contributed by atoms with Gasteiger partial charge in [-0.15, -0.1) is 0 Å². The van der Waals surface area contributed by atoms with Crippen LogP contribution in [0.1, 0.15) is 32.4 Å². The van der Waals surface area contributed by atoms with E-state index in [9.17, 15) is 13.5 Å². The molecule has 6 heteroatoms. The SMILES string of the molecule is CCN(CC1CC1)S(=O)(=O)c1cc(CO)n(CC)c1. The van der Waals surface area contributed by atoms with Crippen LogP contribution in [0.5, 0.6) is 0 Å². The number of aromatic nitrogens is 1. The molecule has 5 nitrogen and oxygen atoms in total. The van der Waals surface area contributed by atoms with E-state index in [2.05, 4.69) is 0 Å². The highest BCUT2D eigenvalue weighted by atomic mass is 32.2. The van der Waals surface area contributed by atoms with Crippen molar-refractivity contribution in [3.8, 4) is 0 Å². The molecular weight excluding hydrogens is 264 g/mol. The van der Waals surface area contributed by atoms with Crippen molar-refractivity contribution >= 4 is 10.0 Å². The van der Waals surface area contributed by atoms with Gasteiger partial charge >= 0.3 is 0 Å². The first-order valence-electron chi connectivity index (χ1n) is 6.83. The Balaban J connectivity index is 2.28. The molecule has 19 heavy (non-hydrogen) atoms. The number of aliphatic hydroxyl groups is 1. The molecule has 0 unspecified atom stereocenters. The summed E-state index contributed by atoms with van der Waals surface area (Å²) in [5.74, 6) is 0.528.